The Kier molecular flexibility index (Phi) is 4.77. The van der Waals surface area contributed by atoms with Crippen molar-refractivity contribution < 1.29 is 4.18 Å². The summed E-state index contributed by atoms with van der Waals surface area (Å²) < 4.78 is 4.99. The first-order chi connectivity index (χ1) is 3.00. The molecule has 0 aromatic carbocycles. The molecule has 0 bridgehead atoms. The maximum absolute atomic E-state index is 4.99. The molecule has 1 nitrogen and oxygen atoms in total. The van der Waals surface area contributed by atoms with Gasteiger partial charge in [-0.2, -0.15) is 0 Å². The van der Waals surface area contributed by atoms with Crippen molar-refractivity contribution in [3.63, 3.8) is 0 Å². The Labute approximate surface area is 50.6 Å². The quantitative estimate of drug-likeness (QED) is 0.333. The van der Waals surface area contributed by atoms with Crippen LogP contribution in [0.2, 0.25) is 0 Å². The van der Waals surface area contributed by atoms with Gasteiger partial charge in [-0.15, -0.1) is 0 Å². The van der Waals surface area contributed by atoms with Crippen molar-refractivity contribution >= 4 is 20.5 Å². The van der Waals surface area contributed by atoms with Crippen molar-refractivity contribution in [2.24, 2.45) is 0 Å². The van der Waals surface area contributed by atoms with Crippen LogP contribution in [0.25, 0.3) is 0 Å². The summed E-state index contributed by atoms with van der Waals surface area (Å²) >= 11 is 1.59. The van der Waals surface area contributed by atoms with Crippen LogP contribution in [0.3, 0.4) is 0 Å². The van der Waals surface area contributed by atoms with Crippen LogP contribution in [0.5, 0.6) is 0 Å². The second-order valence-corrected chi connectivity index (χ2v) is 2.23. The monoisotopic (exact) mass is 118 g/mol. The van der Waals surface area contributed by atoms with E-state index < -0.39 is 0 Å². The maximum atomic E-state index is 4.99. The van der Waals surface area contributed by atoms with E-state index in [2.05, 4.69) is 0 Å². The minimum atomic E-state index is 0. The molecule has 1 fully saturated rings. The molecule has 0 spiro atoms. The smallest absolute Gasteiger partial charge is 0.0814 e. The predicted molar refractivity (Wildman–Crippen MR) is 37.6 cm³/mol. The average Bonchev–Trinajstić information content (AvgIpc) is 1.72. The Morgan fingerprint density at radius 2 is 2.14 bits per heavy atom. The van der Waals surface area contributed by atoms with Gasteiger partial charge in [0.25, 0.3) is 0 Å². The van der Waals surface area contributed by atoms with E-state index in [1.54, 1.807) is 12.0 Å². The van der Waals surface area contributed by atoms with E-state index in [4.69, 9.17) is 4.18 Å². The lowest BCUT2D eigenvalue weighted by Gasteiger charge is -2.06. The minimum absolute atomic E-state index is 0. The fourth-order valence-electron chi connectivity index (χ4n) is 0.440. The fourth-order valence-corrected chi connectivity index (χ4v) is 1.12. The molecule has 0 aromatic heterocycles. The molecule has 42 valence electrons. The molecule has 0 unspecified atom stereocenters. The van der Waals surface area contributed by atoms with E-state index in [9.17, 15) is 0 Å². The van der Waals surface area contributed by atoms with Gasteiger partial charge in [0.2, 0.25) is 0 Å². The minimum Gasteiger partial charge on any atom is -0.315 e. The Morgan fingerprint density at radius 3 is 2.29 bits per heavy atom. The first-order valence-corrected chi connectivity index (χ1v) is 3.15. The Balaban J connectivity index is 0.000000360. The standard InChI is InChI=1S/C4H8OS.BH3/c1-2-4-6-5-3-1;/h1-4H2;1H3. The summed E-state index contributed by atoms with van der Waals surface area (Å²) in [7, 11) is 0. The van der Waals surface area contributed by atoms with E-state index >= 15 is 0 Å². The molecule has 0 aliphatic carbocycles. The van der Waals surface area contributed by atoms with Gasteiger partial charge in [-0.3, -0.25) is 0 Å². The molecule has 7 heavy (non-hydrogen) atoms. The molecule has 0 saturated carbocycles. The van der Waals surface area contributed by atoms with Crippen molar-refractivity contribution in [2.75, 3.05) is 12.4 Å². The third-order valence-corrected chi connectivity index (χ3v) is 1.58. The van der Waals surface area contributed by atoms with Crippen LogP contribution in [0.4, 0.5) is 0 Å². The summed E-state index contributed by atoms with van der Waals surface area (Å²) in [6.45, 7) is 0.963. The average molecular weight is 118 g/mol. The summed E-state index contributed by atoms with van der Waals surface area (Å²) in [5.41, 5.74) is 0. The van der Waals surface area contributed by atoms with Gasteiger partial charge in [0.05, 0.1) is 15.0 Å². The molecule has 0 aromatic rings. The van der Waals surface area contributed by atoms with Crippen LogP contribution in [-0.2, 0) is 4.18 Å². The highest BCUT2D eigenvalue weighted by molar-refractivity contribution is 7.94. The second kappa shape index (κ2) is 4.53. The molecule has 0 N–H and O–H groups in total. The highest BCUT2D eigenvalue weighted by Gasteiger charge is 1.96. The molecule has 1 heterocycles. The number of rotatable bonds is 0. The summed E-state index contributed by atoms with van der Waals surface area (Å²) in [5.74, 6) is 1.19. The topological polar surface area (TPSA) is 9.23 Å². The van der Waals surface area contributed by atoms with E-state index in [-0.39, 0.29) is 8.41 Å². The number of hydrogen-bond donors (Lipinski definition) is 0. The SMILES string of the molecule is B.C1CCSOC1. The van der Waals surface area contributed by atoms with Crippen molar-refractivity contribution in [1.82, 2.24) is 0 Å². The summed E-state index contributed by atoms with van der Waals surface area (Å²) in [4.78, 5) is 0. The van der Waals surface area contributed by atoms with Gasteiger partial charge < -0.3 is 4.18 Å². The molecular formula is C4H11BOS. The van der Waals surface area contributed by atoms with Gasteiger partial charge in [-0.25, -0.2) is 0 Å². The van der Waals surface area contributed by atoms with Crippen LogP contribution in [0, 0.1) is 0 Å². The van der Waals surface area contributed by atoms with Gasteiger partial charge in [-0.05, 0) is 24.9 Å². The van der Waals surface area contributed by atoms with Crippen LogP contribution in [0.15, 0.2) is 0 Å². The largest absolute Gasteiger partial charge is 0.315 e. The molecule has 1 aliphatic heterocycles. The zero-order valence-electron chi connectivity index (χ0n) is 3.64. The zero-order valence-corrected chi connectivity index (χ0v) is 4.46. The van der Waals surface area contributed by atoms with E-state index in [1.165, 1.54) is 18.6 Å². The van der Waals surface area contributed by atoms with Crippen LogP contribution >= 0.6 is 12.0 Å². The van der Waals surface area contributed by atoms with Gasteiger partial charge in [0.15, 0.2) is 0 Å². The van der Waals surface area contributed by atoms with Gasteiger partial charge in [0.1, 0.15) is 0 Å². The molecule has 0 radical (unpaired) electrons. The molecule has 1 saturated heterocycles. The van der Waals surface area contributed by atoms with Crippen molar-refractivity contribution in [3.8, 4) is 0 Å². The molecular weight excluding hydrogens is 107 g/mol. The van der Waals surface area contributed by atoms with Crippen molar-refractivity contribution in [3.05, 3.63) is 0 Å². The van der Waals surface area contributed by atoms with Crippen molar-refractivity contribution in [2.45, 2.75) is 12.8 Å². The second-order valence-electron chi connectivity index (χ2n) is 1.35. The zero-order chi connectivity index (χ0) is 4.24. The normalized spacial score (nSPS) is 20.6. The highest BCUT2D eigenvalue weighted by atomic mass is 32.2. The third-order valence-electron chi connectivity index (χ3n) is 0.789. The van der Waals surface area contributed by atoms with Crippen LogP contribution in [0.1, 0.15) is 12.8 Å². The van der Waals surface area contributed by atoms with E-state index in [0.717, 1.165) is 6.61 Å². The molecule has 1 aliphatic rings. The van der Waals surface area contributed by atoms with Gasteiger partial charge in [-0.1, -0.05) is 0 Å². The predicted octanol–water partition coefficient (Wildman–Crippen LogP) is 0.261. The summed E-state index contributed by atoms with van der Waals surface area (Å²) in [6.07, 6.45) is 2.59. The van der Waals surface area contributed by atoms with Gasteiger partial charge in [0, 0.05) is 5.75 Å². The first kappa shape index (κ1) is 7.37. The van der Waals surface area contributed by atoms with Crippen molar-refractivity contribution in [1.29, 1.82) is 0 Å². The van der Waals surface area contributed by atoms with Crippen LogP contribution < -0.4 is 0 Å². The summed E-state index contributed by atoms with van der Waals surface area (Å²) in [5, 5.41) is 0. The number of hydrogen-bond acceptors (Lipinski definition) is 2. The van der Waals surface area contributed by atoms with Gasteiger partial charge >= 0.3 is 0 Å². The van der Waals surface area contributed by atoms with E-state index in [0.29, 0.717) is 0 Å². The fraction of sp³-hybridized carbons (Fsp3) is 1.00. The Morgan fingerprint density at radius 1 is 1.29 bits per heavy atom. The lowest BCUT2D eigenvalue weighted by molar-refractivity contribution is 0.346. The van der Waals surface area contributed by atoms with E-state index in [1.807, 2.05) is 0 Å². The molecule has 1 rings (SSSR count). The lowest BCUT2D eigenvalue weighted by atomic mass is 10.4. The first-order valence-electron chi connectivity index (χ1n) is 2.24. The molecule has 3 heteroatoms. The van der Waals surface area contributed by atoms with Crippen LogP contribution in [-0.4, -0.2) is 20.8 Å². The summed E-state index contributed by atoms with van der Waals surface area (Å²) in [6, 6.07) is 0. The maximum Gasteiger partial charge on any atom is 0.0814 e. The Bertz CT molecular complexity index is 27.2. The molecule has 0 atom stereocenters. The Hall–Kier alpha value is 0.375. The molecule has 0 amide bonds. The lowest BCUT2D eigenvalue weighted by Crippen LogP contribution is -1.95. The highest BCUT2D eigenvalue weighted by Crippen LogP contribution is 2.12. The third kappa shape index (κ3) is 3.00.